The first-order valence-electron chi connectivity index (χ1n) is 10.3. The number of hydrogen-bond acceptors (Lipinski definition) is 5. The number of rotatable bonds is 7. The summed E-state index contributed by atoms with van der Waals surface area (Å²) in [6.45, 7) is 1.91. The molecule has 1 unspecified atom stereocenters. The Bertz CT molecular complexity index is 1360. The molecule has 8 heteroatoms. The van der Waals surface area contributed by atoms with Crippen molar-refractivity contribution in [1.29, 1.82) is 0 Å². The van der Waals surface area contributed by atoms with Crippen LogP contribution in [0.3, 0.4) is 0 Å². The highest BCUT2D eigenvalue weighted by Crippen LogP contribution is 2.27. The van der Waals surface area contributed by atoms with Gasteiger partial charge in [-0.05, 0) is 48.9 Å². The van der Waals surface area contributed by atoms with Crippen LogP contribution >= 0.6 is 23.4 Å². The van der Waals surface area contributed by atoms with E-state index in [1.807, 2.05) is 37.3 Å². The minimum Gasteiger partial charge on any atom is -0.495 e. The molecule has 1 amide bonds. The van der Waals surface area contributed by atoms with E-state index in [-0.39, 0.29) is 23.3 Å². The molecule has 0 saturated carbocycles. The van der Waals surface area contributed by atoms with Gasteiger partial charge >= 0.3 is 0 Å². The van der Waals surface area contributed by atoms with Gasteiger partial charge in [0.1, 0.15) is 5.75 Å². The second-order valence-corrected chi connectivity index (χ2v) is 8.73. The van der Waals surface area contributed by atoms with Crippen molar-refractivity contribution in [3.63, 3.8) is 0 Å². The summed E-state index contributed by atoms with van der Waals surface area (Å²) in [6.07, 6.45) is 0. The number of nitrogens with one attached hydrogen (secondary N) is 1. The molecule has 0 saturated heterocycles. The van der Waals surface area contributed by atoms with Gasteiger partial charge in [0.25, 0.3) is 5.56 Å². The molecular formula is C25H22ClN3O3S. The molecule has 0 aliphatic rings. The summed E-state index contributed by atoms with van der Waals surface area (Å²) in [5.41, 5.74) is 1.88. The molecule has 1 aromatic heterocycles. The fraction of sp³-hybridized carbons (Fsp3) is 0.160. The van der Waals surface area contributed by atoms with Crippen LogP contribution in [0.2, 0.25) is 5.02 Å². The average Bonchev–Trinajstić information content (AvgIpc) is 2.83. The first kappa shape index (κ1) is 22.9. The second-order valence-electron chi connectivity index (χ2n) is 7.35. The number of carbonyl (C=O) groups is 1. The van der Waals surface area contributed by atoms with Gasteiger partial charge in [0.15, 0.2) is 5.16 Å². The van der Waals surface area contributed by atoms with Crippen molar-refractivity contribution in [3.8, 4) is 11.4 Å². The normalized spacial score (nSPS) is 11.8. The zero-order valence-corrected chi connectivity index (χ0v) is 19.7. The van der Waals surface area contributed by atoms with Crippen molar-refractivity contribution in [2.75, 3.05) is 12.9 Å². The standard InChI is InChI=1S/C25H22ClN3O3S/c1-16(17-11-13-18(26)14-12-17)27-23(30)15-33-25-28-20-8-4-3-7-19(20)24(31)29(25)21-9-5-6-10-22(21)32-2/h3-14,16H,15H2,1-2H3,(H,27,30). The number of ether oxygens (including phenoxy) is 1. The number of benzene rings is 3. The second kappa shape index (κ2) is 10.1. The molecule has 168 valence electrons. The Morgan fingerprint density at radius 2 is 1.79 bits per heavy atom. The Morgan fingerprint density at radius 3 is 2.55 bits per heavy atom. The summed E-state index contributed by atoms with van der Waals surface area (Å²) in [4.78, 5) is 30.8. The van der Waals surface area contributed by atoms with Gasteiger partial charge in [-0.1, -0.05) is 59.8 Å². The van der Waals surface area contributed by atoms with Gasteiger partial charge in [-0.15, -0.1) is 0 Å². The zero-order valence-electron chi connectivity index (χ0n) is 18.1. The molecule has 0 aliphatic heterocycles. The fourth-order valence-electron chi connectivity index (χ4n) is 3.48. The summed E-state index contributed by atoms with van der Waals surface area (Å²) >= 11 is 7.15. The third-order valence-corrected chi connectivity index (χ3v) is 6.34. The minimum atomic E-state index is -0.220. The maximum absolute atomic E-state index is 13.4. The van der Waals surface area contributed by atoms with Crippen LogP contribution in [0.15, 0.2) is 82.7 Å². The van der Waals surface area contributed by atoms with E-state index >= 15 is 0 Å². The molecule has 0 radical (unpaired) electrons. The van der Waals surface area contributed by atoms with Crippen molar-refractivity contribution < 1.29 is 9.53 Å². The van der Waals surface area contributed by atoms with Crippen LogP contribution in [0.4, 0.5) is 0 Å². The smallest absolute Gasteiger partial charge is 0.266 e. The lowest BCUT2D eigenvalue weighted by Gasteiger charge is -2.17. The van der Waals surface area contributed by atoms with Crippen LogP contribution in [0.5, 0.6) is 5.75 Å². The van der Waals surface area contributed by atoms with Gasteiger partial charge in [0.2, 0.25) is 5.91 Å². The predicted molar refractivity (Wildman–Crippen MR) is 133 cm³/mol. The molecule has 6 nitrogen and oxygen atoms in total. The van der Waals surface area contributed by atoms with E-state index < -0.39 is 0 Å². The van der Waals surface area contributed by atoms with Gasteiger partial charge in [-0.25, -0.2) is 4.98 Å². The number of fused-ring (bicyclic) bond motifs is 1. The van der Waals surface area contributed by atoms with E-state index in [0.29, 0.717) is 32.5 Å². The molecular weight excluding hydrogens is 458 g/mol. The number of amides is 1. The van der Waals surface area contributed by atoms with E-state index in [0.717, 1.165) is 5.56 Å². The highest BCUT2D eigenvalue weighted by Gasteiger charge is 2.18. The highest BCUT2D eigenvalue weighted by atomic mass is 35.5. The molecule has 1 atom stereocenters. The van der Waals surface area contributed by atoms with Gasteiger partial charge in [-0.3, -0.25) is 14.2 Å². The first-order chi connectivity index (χ1) is 16.0. The number of nitrogens with zero attached hydrogens (tertiary/aromatic N) is 2. The average molecular weight is 480 g/mol. The number of carbonyl (C=O) groups excluding carboxylic acids is 1. The number of thioether (sulfide) groups is 1. The third kappa shape index (κ3) is 5.05. The number of hydrogen-bond donors (Lipinski definition) is 1. The van der Waals surface area contributed by atoms with E-state index in [2.05, 4.69) is 10.3 Å². The van der Waals surface area contributed by atoms with E-state index in [9.17, 15) is 9.59 Å². The summed E-state index contributed by atoms with van der Waals surface area (Å²) in [6, 6.07) is 21.6. The van der Waals surface area contributed by atoms with Gasteiger partial charge in [0, 0.05) is 5.02 Å². The van der Waals surface area contributed by atoms with Crippen LogP contribution in [-0.2, 0) is 4.79 Å². The summed E-state index contributed by atoms with van der Waals surface area (Å²) in [7, 11) is 1.55. The molecule has 4 aromatic rings. The van der Waals surface area contributed by atoms with E-state index in [1.54, 1.807) is 49.6 Å². The molecule has 0 aliphatic carbocycles. The van der Waals surface area contributed by atoms with Gasteiger partial charge in [0.05, 0.1) is 35.5 Å². The molecule has 1 N–H and O–H groups in total. The molecule has 3 aromatic carbocycles. The summed E-state index contributed by atoms with van der Waals surface area (Å²) < 4.78 is 6.97. The lowest BCUT2D eigenvalue weighted by Crippen LogP contribution is -2.29. The van der Waals surface area contributed by atoms with Crippen molar-refractivity contribution >= 4 is 40.2 Å². The fourth-order valence-corrected chi connectivity index (χ4v) is 4.43. The Balaban J connectivity index is 1.63. The molecule has 33 heavy (non-hydrogen) atoms. The number of methoxy groups -OCH3 is 1. The number of halogens is 1. The van der Waals surface area contributed by atoms with Crippen molar-refractivity contribution in [1.82, 2.24) is 14.9 Å². The van der Waals surface area contributed by atoms with E-state index in [4.69, 9.17) is 16.3 Å². The minimum absolute atomic E-state index is 0.0951. The van der Waals surface area contributed by atoms with Gasteiger partial charge < -0.3 is 10.1 Å². The maximum atomic E-state index is 13.4. The number of aromatic nitrogens is 2. The summed E-state index contributed by atoms with van der Waals surface area (Å²) in [5, 5.41) is 4.53. The highest BCUT2D eigenvalue weighted by molar-refractivity contribution is 7.99. The van der Waals surface area contributed by atoms with Crippen LogP contribution < -0.4 is 15.6 Å². The monoisotopic (exact) mass is 479 g/mol. The lowest BCUT2D eigenvalue weighted by atomic mass is 10.1. The van der Waals surface area contributed by atoms with E-state index in [1.165, 1.54) is 16.3 Å². The van der Waals surface area contributed by atoms with Crippen molar-refractivity contribution in [2.24, 2.45) is 0 Å². The molecule has 0 bridgehead atoms. The Labute approximate surface area is 200 Å². The van der Waals surface area contributed by atoms with Crippen LogP contribution in [0.1, 0.15) is 18.5 Å². The molecule has 1 heterocycles. The lowest BCUT2D eigenvalue weighted by molar-refractivity contribution is -0.119. The third-order valence-electron chi connectivity index (χ3n) is 5.15. The topological polar surface area (TPSA) is 73.2 Å². The Kier molecular flexibility index (Phi) is 7.01. The Hall–Kier alpha value is -3.29. The molecule has 0 fully saturated rings. The zero-order chi connectivity index (χ0) is 23.4. The van der Waals surface area contributed by atoms with Crippen LogP contribution in [0.25, 0.3) is 16.6 Å². The maximum Gasteiger partial charge on any atom is 0.266 e. The quantitative estimate of drug-likeness (QED) is 0.298. The summed E-state index contributed by atoms with van der Waals surface area (Å²) in [5.74, 6) is 0.466. The van der Waals surface area contributed by atoms with Crippen molar-refractivity contribution in [2.45, 2.75) is 18.1 Å². The van der Waals surface area contributed by atoms with Gasteiger partial charge in [-0.2, -0.15) is 0 Å². The van der Waals surface area contributed by atoms with Crippen molar-refractivity contribution in [3.05, 3.63) is 93.7 Å². The first-order valence-corrected chi connectivity index (χ1v) is 11.7. The predicted octanol–water partition coefficient (Wildman–Crippen LogP) is 5.02. The van der Waals surface area contributed by atoms with Crippen LogP contribution in [0, 0.1) is 0 Å². The largest absolute Gasteiger partial charge is 0.495 e. The number of para-hydroxylation sites is 3. The molecule has 4 rings (SSSR count). The Morgan fingerprint density at radius 1 is 1.09 bits per heavy atom. The SMILES string of the molecule is COc1ccccc1-n1c(SCC(=O)NC(C)c2ccc(Cl)cc2)nc2ccccc2c1=O. The van der Waals surface area contributed by atoms with Crippen LogP contribution in [-0.4, -0.2) is 28.3 Å². The molecule has 0 spiro atoms.